The van der Waals surface area contributed by atoms with E-state index in [2.05, 4.69) is 5.32 Å². The smallest absolute Gasteiger partial charge is 0.321 e. The molecule has 0 aliphatic carbocycles. The average molecular weight is 269 g/mol. The van der Waals surface area contributed by atoms with Crippen LogP contribution in [0.15, 0.2) is 18.2 Å². The van der Waals surface area contributed by atoms with Crippen molar-refractivity contribution in [1.29, 1.82) is 0 Å². The zero-order chi connectivity index (χ0) is 13.5. The number of benzene rings is 1. The maximum atomic E-state index is 11.7. The molecule has 0 aliphatic heterocycles. The van der Waals surface area contributed by atoms with Crippen LogP contribution in [0.1, 0.15) is 16.8 Å². The quantitative estimate of drug-likeness (QED) is 0.829. The topological polar surface area (TPSA) is 66.5 Å². The van der Waals surface area contributed by atoms with Crippen molar-refractivity contribution in [2.24, 2.45) is 0 Å². The molecular weight excluding hydrogens is 256 g/mol. The van der Waals surface area contributed by atoms with Crippen LogP contribution in [0.5, 0.6) is 0 Å². The molecule has 18 heavy (non-hydrogen) atoms. The Morgan fingerprint density at radius 2 is 2.17 bits per heavy atom. The van der Waals surface area contributed by atoms with Crippen LogP contribution in [0.3, 0.4) is 0 Å². The molecular formula is C12H13ClN2O3. The van der Waals surface area contributed by atoms with Crippen LogP contribution in [-0.4, -0.2) is 32.2 Å². The zero-order valence-corrected chi connectivity index (χ0v) is 10.6. The van der Waals surface area contributed by atoms with E-state index >= 15 is 0 Å². The molecule has 0 atom stereocenters. The molecule has 0 aromatic heterocycles. The van der Waals surface area contributed by atoms with Gasteiger partial charge in [0.15, 0.2) is 0 Å². The van der Waals surface area contributed by atoms with E-state index in [1.807, 2.05) is 0 Å². The Morgan fingerprint density at radius 3 is 2.72 bits per heavy atom. The first-order chi connectivity index (χ1) is 8.63. The number of carbonyl (C=O) groups excluding carboxylic acids is 3. The minimum atomic E-state index is -0.387. The first kappa shape index (κ1) is 14.2. The summed E-state index contributed by atoms with van der Waals surface area (Å²) in [5, 5.41) is 2.80. The maximum Gasteiger partial charge on any atom is 0.321 e. The monoisotopic (exact) mass is 268 g/mol. The number of nitrogens with zero attached hydrogens (tertiary/aromatic N) is 1. The van der Waals surface area contributed by atoms with E-state index in [1.54, 1.807) is 6.07 Å². The van der Waals surface area contributed by atoms with Crippen molar-refractivity contribution in [3.8, 4) is 0 Å². The summed E-state index contributed by atoms with van der Waals surface area (Å²) in [6, 6.07) is 4.22. The van der Waals surface area contributed by atoms with Gasteiger partial charge in [0.25, 0.3) is 0 Å². The summed E-state index contributed by atoms with van der Waals surface area (Å²) in [5.74, 6) is 0. The highest BCUT2D eigenvalue weighted by Crippen LogP contribution is 2.26. The Balaban J connectivity index is 3.13. The Labute approximate surface area is 110 Å². The van der Waals surface area contributed by atoms with Crippen LogP contribution in [0.25, 0.3) is 0 Å². The fourth-order valence-electron chi connectivity index (χ4n) is 1.46. The highest BCUT2D eigenvalue weighted by atomic mass is 35.5. The lowest BCUT2D eigenvalue weighted by molar-refractivity contribution is -0.107. The number of halogens is 1. The van der Waals surface area contributed by atoms with Gasteiger partial charge in [-0.2, -0.15) is 0 Å². The maximum absolute atomic E-state index is 11.7. The molecule has 5 nitrogen and oxygen atoms in total. The second-order valence-corrected chi connectivity index (χ2v) is 3.90. The van der Waals surface area contributed by atoms with Gasteiger partial charge < -0.3 is 10.1 Å². The Morgan fingerprint density at radius 1 is 1.44 bits per heavy atom. The van der Waals surface area contributed by atoms with Crippen molar-refractivity contribution in [3.05, 3.63) is 28.8 Å². The SMILES string of the molecule is CNC(=O)N(CCC=O)c1cc(C=O)ccc1Cl. The molecule has 1 N–H and O–H groups in total. The van der Waals surface area contributed by atoms with Gasteiger partial charge in [-0.1, -0.05) is 17.7 Å². The summed E-state index contributed by atoms with van der Waals surface area (Å²) < 4.78 is 0. The third-order valence-corrected chi connectivity index (χ3v) is 2.65. The van der Waals surface area contributed by atoms with E-state index < -0.39 is 0 Å². The lowest BCUT2D eigenvalue weighted by Gasteiger charge is -2.22. The molecule has 0 radical (unpaired) electrons. The predicted octanol–water partition coefficient (Wildman–Crippen LogP) is 1.89. The number of nitrogens with one attached hydrogen (secondary N) is 1. The third kappa shape index (κ3) is 3.30. The van der Waals surface area contributed by atoms with Gasteiger partial charge in [-0.25, -0.2) is 4.79 Å². The van der Waals surface area contributed by atoms with Crippen LogP contribution in [-0.2, 0) is 4.79 Å². The van der Waals surface area contributed by atoms with Crippen LogP contribution in [0.4, 0.5) is 10.5 Å². The minimum absolute atomic E-state index is 0.190. The van der Waals surface area contributed by atoms with Gasteiger partial charge in [0, 0.05) is 25.6 Å². The molecule has 0 aliphatic rings. The van der Waals surface area contributed by atoms with Crippen molar-refractivity contribution in [1.82, 2.24) is 5.32 Å². The number of hydrogen-bond acceptors (Lipinski definition) is 3. The Kier molecular flexibility index (Phi) is 5.32. The number of amides is 2. The largest absolute Gasteiger partial charge is 0.341 e. The summed E-state index contributed by atoms with van der Waals surface area (Å²) >= 11 is 6.00. The van der Waals surface area contributed by atoms with Crippen molar-refractivity contribution < 1.29 is 14.4 Å². The average Bonchev–Trinajstić information content (AvgIpc) is 2.40. The van der Waals surface area contributed by atoms with Crippen LogP contribution in [0.2, 0.25) is 5.02 Å². The van der Waals surface area contributed by atoms with Crippen molar-refractivity contribution in [2.75, 3.05) is 18.5 Å². The van der Waals surface area contributed by atoms with Crippen LogP contribution >= 0.6 is 11.6 Å². The lowest BCUT2D eigenvalue weighted by atomic mass is 10.2. The second-order valence-electron chi connectivity index (χ2n) is 3.49. The van der Waals surface area contributed by atoms with E-state index in [-0.39, 0.29) is 19.0 Å². The van der Waals surface area contributed by atoms with Gasteiger partial charge in [-0.3, -0.25) is 9.69 Å². The van der Waals surface area contributed by atoms with Gasteiger partial charge in [0.1, 0.15) is 12.6 Å². The molecule has 0 fully saturated rings. The fraction of sp³-hybridized carbons (Fsp3) is 0.250. The Hall–Kier alpha value is -1.88. The van der Waals surface area contributed by atoms with E-state index in [4.69, 9.17) is 11.6 Å². The molecule has 0 bridgehead atoms. The first-order valence-corrected chi connectivity index (χ1v) is 5.69. The molecule has 96 valence electrons. The van der Waals surface area contributed by atoms with Crippen LogP contribution in [0, 0.1) is 0 Å². The van der Waals surface area contributed by atoms with Crippen molar-refractivity contribution >= 4 is 35.9 Å². The molecule has 1 rings (SSSR count). The van der Waals surface area contributed by atoms with Gasteiger partial charge in [0.2, 0.25) is 0 Å². The summed E-state index contributed by atoms with van der Waals surface area (Å²) in [6.07, 6.45) is 1.57. The third-order valence-electron chi connectivity index (χ3n) is 2.33. The number of carbonyl (C=O) groups is 3. The van der Waals surface area contributed by atoms with Gasteiger partial charge in [-0.05, 0) is 12.1 Å². The second kappa shape index (κ2) is 6.76. The molecule has 6 heteroatoms. The molecule has 1 aromatic carbocycles. The van der Waals surface area contributed by atoms with E-state index in [1.165, 1.54) is 24.1 Å². The van der Waals surface area contributed by atoms with Crippen molar-refractivity contribution in [2.45, 2.75) is 6.42 Å². The van der Waals surface area contributed by atoms with Crippen LogP contribution < -0.4 is 10.2 Å². The summed E-state index contributed by atoms with van der Waals surface area (Å²) in [6.45, 7) is 0.200. The summed E-state index contributed by atoms with van der Waals surface area (Å²) in [7, 11) is 1.48. The highest BCUT2D eigenvalue weighted by Gasteiger charge is 2.17. The first-order valence-electron chi connectivity index (χ1n) is 5.31. The normalized spacial score (nSPS) is 9.67. The number of aldehydes is 2. The van der Waals surface area contributed by atoms with E-state index in [0.29, 0.717) is 28.8 Å². The lowest BCUT2D eigenvalue weighted by Crippen LogP contribution is -2.39. The van der Waals surface area contributed by atoms with E-state index in [9.17, 15) is 14.4 Å². The molecule has 0 unspecified atom stereocenters. The number of rotatable bonds is 5. The molecule has 2 amide bonds. The zero-order valence-electron chi connectivity index (χ0n) is 9.85. The predicted molar refractivity (Wildman–Crippen MR) is 69.3 cm³/mol. The highest BCUT2D eigenvalue weighted by molar-refractivity contribution is 6.34. The molecule has 0 spiro atoms. The number of urea groups is 1. The standard InChI is InChI=1S/C12H13ClN2O3/c1-14-12(18)15(5-2-6-16)11-7-9(8-17)3-4-10(11)13/h3-4,6-8H,2,5H2,1H3,(H,14,18). The summed E-state index contributed by atoms with van der Waals surface area (Å²) in [5.41, 5.74) is 0.817. The van der Waals surface area contributed by atoms with Crippen molar-refractivity contribution in [3.63, 3.8) is 0 Å². The summed E-state index contributed by atoms with van der Waals surface area (Å²) in [4.78, 5) is 34.2. The minimum Gasteiger partial charge on any atom is -0.341 e. The van der Waals surface area contributed by atoms with Gasteiger partial charge in [0.05, 0.1) is 10.7 Å². The molecule has 0 saturated heterocycles. The molecule has 0 saturated carbocycles. The Bertz CT molecular complexity index is 463. The van der Waals surface area contributed by atoms with Gasteiger partial charge in [-0.15, -0.1) is 0 Å². The fourth-order valence-corrected chi connectivity index (χ4v) is 1.68. The molecule has 0 heterocycles. The number of anilines is 1. The number of hydrogen-bond donors (Lipinski definition) is 1. The van der Waals surface area contributed by atoms with Gasteiger partial charge >= 0.3 is 6.03 Å². The molecule has 1 aromatic rings. The van der Waals surface area contributed by atoms with E-state index in [0.717, 1.165) is 0 Å².